The minimum absolute atomic E-state index is 0.165. The Bertz CT molecular complexity index is 684. The van der Waals surface area contributed by atoms with Crippen LogP contribution in [0.25, 0.3) is 0 Å². The Labute approximate surface area is 156 Å². The van der Waals surface area contributed by atoms with Crippen LogP contribution in [0.4, 0.5) is 11.4 Å². The lowest BCUT2D eigenvalue weighted by atomic mass is 9.93. The first-order valence-electron chi connectivity index (χ1n) is 9.76. The summed E-state index contributed by atoms with van der Waals surface area (Å²) < 4.78 is 0. The van der Waals surface area contributed by atoms with Crippen molar-refractivity contribution in [2.45, 2.75) is 58.8 Å². The number of rotatable bonds is 7. The van der Waals surface area contributed by atoms with Gasteiger partial charge in [-0.25, -0.2) is 0 Å². The molecule has 0 radical (unpaired) electrons. The fraction of sp³-hybridized carbons (Fsp3) is 0.619. The van der Waals surface area contributed by atoms with Crippen LogP contribution in [0, 0.1) is 5.41 Å². The first-order chi connectivity index (χ1) is 12.4. The van der Waals surface area contributed by atoms with E-state index in [1.54, 1.807) is 0 Å². The lowest BCUT2D eigenvalue weighted by molar-refractivity contribution is -0.137. The molecule has 0 atom stereocenters. The number of anilines is 2. The molecule has 5 heteroatoms. The first-order valence-corrected chi connectivity index (χ1v) is 9.76. The SMILES string of the molecule is CC1(C)CCN(c2ccc3c(c2)N(C(=O)CCCCCC(=O)O)CC3)C1. The summed E-state index contributed by atoms with van der Waals surface area (Å²) in [5.41, 5.74) is 3.90. The Morgan fingerprint density at radius 3 is 2.58 bits per heavy atom. The highest BCUT2D eigenvalue weighted by Crippen LogP contribution is 2.37. The molecule has 2 heterocycles. The standard InChI is InChI=1S/C21H30N2O3/c1-21(2)11-13-22(15-21)17-9-8-16-10-12-23(18(16)14-17)19(24)6-4-3-5-7-20(25)26/h8-9,14H,3-7,10-13,15H2,1-2H3,(H,25,26). The molecular weight excluding hydrogens is 328 g/mol. The van der Waals surface area contributed by atoms with Gasteiger partial charge in [-0.2, -0.15) is 0 Å². The van der Waals surface area contributed by atoms with Gasteiger partial charge in [-0.3, -0.25) is 9.59 Å². The summed E-state index contributed by atoms with van der Waals surface area (Å²) in [6.07, 6.45) is 5.01. The van der Waals surface area contributed by atoms with Crippen LogP contribution in [0.5, 0.6) is 0 Å². The van der Waals surface area contributed by atoms with Crippen molar-refractivity contribution in [3.8, 4) is 0 Å². The van der Waals surface area contributed by atoms with E-state index in [4.69, 9.17) is 5.11 Å². The van der Waals surface area contributed by atoms with E-state index in [1.807, 2.05) is 4.90 Å². The largest absolute Gasteiger partial charge is 0.481 e. The number of nitrogens with zero attached hydrogens (tertiary/aromatic N) is 2. The van der Waals surface area contributed by atoms with Gasteiger partial charge in [-0.15, -0.1) is 0 Å². The zero-order chi connectivity index (χ0) is 18.7. The molecule has 26 heavy (non-hydrogen) atoms. The Morgan fingerprint density at radius 1 is 1.12 bits per heavy atom. The number of hydrogen-bond donors (Lipinski definition) is 1. The summed E-state index contributed by atoms with van der Waals surface area (Å²) in [5.74, 6) is -0.597. The van der Waals surface area contributed by atoms with Crippen molar-refractivity contribution in [3.63, 3.8) is 0 Å². The van der Waals surface area contributed by atoms with E-state index in [0.29, 0.717) is 18.3 Å². The van der Waals surface area contributed by atoms with Crippen LogP contribution in [0.3, 0.4) is 0 Å². The number of fused-ring (bicyclic) bond motifs is 1. The first kappa shape index (κ1) is 18.7. The van der Waals surface area contributed by atoms with E-state index in [0.717, 1.165) is 44.6 Å². The van der Waals surface area contributed by atoms with Crippen molar-refractivity contribution in [3.05, 3.63) is 23.8 Å². The lowest BCUT2D eigenvalue weighted by Gasteiger charge is -2.24. The molecule has 1 fully saturated rings. The molecule has 1 N–H and O–H groups in total. The number of aliphatic carboxylic acids is 1. The van der Waals surface area contributed by atoms with Crippen molar-refractivity contribution < 1.29 is 14.7 Å². The highest BCUT2D eigenvalue weighted by Gasteiger charge is 2.31. The molecule has 142 valence electrons. The van der Waals surface area contributed by atoms with Crippen LogP contribution in [0.1, 0.15) is 57.9 Å². The second-order valence-electron chi connectivity index (χ2n) is 8.40. The average molecular weight is 358 g/mol. The number of carboxylic acids is 1. The quantitative estimate of drug-likeness (QED) is 0.752. The van der Waals surface area contributed by atoms with Gasteiger partial charge in [0.05, 0.1) is 0 Å². The summed E-state index contributed by atoms with van der Waals surface area (Å²) in [7, 11) is 0. The maximum atomic E-state index is 12.6. The molecule has 1 aromatic carbocycles. The zero-order valence-electron chi connectivity index (χ0n) is 16.0. The number of carbonyl (C=O) groups is 2. The molecule has 0 aliphatic carbocycles. The third kappa shape index (κ3) is 4.37. The third-order valence-electron chi connectivity index (χ3n) is 5.59. The Balaban J connectivity index is 1.60. The highest BCUT2D eigenvalue weighted by atomic mass is 16.4. The molecule has 0 saturated carbocycles. The minimum atomic E-state index is -0.762. The van der Waals surface area contributed by atoms with Gasteiger partial charge in [0.15, 0.2) is 0 Å². The number of carbonyl (C=O) groups excluding carboxylic acids is 1. The van der Waals surface area contributed by atoms with Crippen LogP contribution >= 0.6 is 0 Å². The van der Waals surface area contributed by atoms with Crippen LogP contribution in [0.15, 0.2) is 18.2 Å². The summed E-state index contributed by atoms with van der Waals surface area (Å²) in [6, 6.07) is 6.56. The molecule has 0 spiro atoms. The fourth-order valence-corrected chi connectivity index (χ4v) is 4.02. The Kier molecular flexibility index (Phi) is 5.54. The zero-order valence-corrected chi connectivity index (χ0v) is 16.0. The van der Waals surface area contributed by atoms with Gasteiger partial charge >= 0.3 is 5.97 Å². The van der Waals surface area contributed by atoms with Crippen LogP contribution in [-0.4, -0.2) is 36.6 Å². The van der Waals surface area contributed by atoms with Crippen molar-refractivity contribution in [1.82, 2.24) is 0 Å². The van der Waals surface area contributed by atoms with Crippen molar-refractivity contribution in [2.75, 3.05) is 29.4 Å². The Morgan fingerprint density at radius 2 is 1.88 bits per heavy atom. The van der Waals surface area contributed by atoms with E-state index in [1.165, 1.54) is 17.7 Å². The normalized spacial score (nSPS) is 18.2. The van der Waals surface area contributed by atoms with Gasteiger partial charge < -0.3 is 14.9 Å². The van der Waals surface area contributed by atoms with Crippen molar-refractivity contribution >= 4 is 23.3 Å². The topological polar surface area (TPSA) is 60.9 Å². The summed E-state index contributed by atoms with van der Waals surface area (Å²) >= 11 is 0. The van der Waals surface area contributed by atoms with E-state index in [9.17, 15) is 9.59 Å². The maximum Gasteiger partial charge on any atom is 0.303 e. The number of amides is 1. The number of carboxylic acid groups (broad SMARTS) is 1. The molecule has 1 aromatic rings. The molecule has 0 bridgehead atoms. The molecule has 0 unspecified atom stereocenters. The van der Waals surface area contributed by atoms with Crippen molar-refractivity contribution in [2.24, 2.45) is 5.41 Å². The molecule has 1 saturated heterocycles. The number of hydrogen-bond acceptors (Lipinski definition) is 3. The summed E-state index contributed by atoms with van der Waals surface area (Å²) in [4.78, 5) is 27.5. The van der Waals surface area contributed by atoms with Crippen LogP contribution in [0.2, 0.25) is 0 Å². The predicted molar refractivity (Wildman–Crippen MR) is 104 cm³/mol. The van der Waals surface area contributed by atoms with E-state index in [2.05, 4.69) is 36.9 Å². The van der Waals surface area contributed by atoms with E-state index >= 15 is 0 Å². The molecular formula is C21H30N2O3. The summed E-state index contributed by atoms with van der Waals surface area (Å²) in [6.45, 7) is 7.51. The lowest BCUT2D eigenvalue weighted by Crippen LogP contribution is -2.29. The molecule has 2 aliphatic heterocycles. The second-order valence-corrected chi connectivity index (χ2v) is 8.40. The van der Waals surface area contributed by atoms with Gasteiger partial charge in [-0.05, 0) is 48.8 Å². The number of benzene rings is 1. The van der Waals surface area contributed by atoms with Gasteiger partial charge in [-0.1, -0.05) is 26.3 Å². The molecule has 2 aliphatic rings. The van der Waals surface area contributed by atoms with Gasteiger partial charge in [0, 0.05) is 43.9 Å². The van der Waals surface area contributed by atoms with Gasteiger partial charge in [0.1, 0.15) is 0 Å². The third-order valence-corrected chi connectivity index (χ3v) is 5.59. The average Bonchev–Trinajstić information content (AvgIpc) is 3.16. The van der Waals surface area contributed by atoms with Gasteiger partial charge in [0.25, 0.3) is 0 Å². The minimum Gasteiger partial charge on any atom is -0.481 e. The number of unbranched alkanes of at least 4 members (excludes halogenated alkanes) is 2. The van der Waals surface area contributed by atoms with Gasteiger partial charge in [0.2, 0.25) is 5.91 Å². The van der Waals surface area contributed by atoms with Crippen LogP contribution < -0.4 is 9.80 Å². The Hall–Kier alpha value is -2.04. The van der Waals surface area contributed by atoms with E-state index in [-0.39, 0.29) is 12.3 Å². The molecule has 5 nitrogen and oxygen atoms in total. The second kappa shape index (κ2) is 7.68. The van der Waals surface area contributed by atoms with Crippen molar-refractivity contribution in [1.29, 1.82) is 0 Å². The highest BCUT2D eigenvalue weighted by molar-refractivity contribution is 5.96. The molecule has 1 amide bonds. The molecule has 0 aromatic heterocycles. The van der Waals surface area contributed by atoms with E-state index < -0.39 is 5.97 Å². The summed E-state index contributed by atoms with van der Waals surface area (Å²) in [5, 5.41) is 8.67. The van der Waals surface area contributed by atoms with Crippen LogP contribution in [-0.2, 0) is 16.0 Å². The maximum absolute atomic E-state index is 12.6. The predicted octanol–water partition coefficient (Wildman–Crippen LogP) is 3.85. The monoisotopic (exact) mass is 358 g/mol. The fourth-order valence-electron chi connectivity index (χ4n) is 4.02. The molecule has 3 rings (SSSR count). The smallest absolute Gasteiger partial charge is 0.303 e.